The molecule has 0 aromatic carbocycles. The van der Waals surface area contributed by atoms with E-state index in [9.17, 15) is 14.4 Å². The Morgan fingerprint density at radius 1 is 1.39 bits per heavy atom. The average molecular weight is 257 g/mol. The highest BCUT2D eigenvalue weighted by molar-refractivity contribution is 5.86. The van der Waals surface area contributed by atoms with Gasteiger partial charge in [-0.3, -0.25) is 9.59 Å². The minimum absolute atomic E-state index is 0.0181. The molecule has 0 bridgehead atoms. The minimum Gasteiger partial charge on any atom is -0.480 e. The monoisotopic (exact) mass is 257 g/mol. The second-order valence-corrected chi connectivity index (χ2v) is 4.59. The topological polar surface area (TPSA) is 92.7 Å². The van der Waals surface area contributed by atoms with Crippen molar-refractivity contribution in [2.24, 2.45) is 11.8 Å². The standard InChI is InChI=1S/C12H19NO5/c1-3-18-9(14)6-7(2)10(12(16)17)13-11(15)8-4-5-8/h7-8,10H,3-6H2,1-2H3,(H,13,15)(H,16,17)/t7-,10+/m1/s1. The van der Waals surface area contributed by atoms with Gasteiger partial charge in [0.2, 0.25) is 5.91 Å². The van der Waals surface area contributed by atoms with Gasteiger partial charge < -0.3 is 15.2 Å². The molecule has 0 spiro atoms. The number of hydrogen-bond acceptors (Lipinski definition) is 4. The average Bonchev–Trinajstić information content (AvgIpc) is 3.08. The Hall–Kier alpha value is -1.59. The second-order valence-electron chi connectivity index (χ2n) is 4.59. The van der Waals surface area contributed by atoms with Crippen LogP contribution in [0.4, 0.5) is 0 Å². The first-order chi connectivity index (χ1) is 8.45. The Labute approximate surface area is 106 Å². The van der Waals surface area contributed by atoms with E-state index in [4.69, 9.17) is 9.84 Å². The van der Waals surface area contributed by atoms with Crippen molar-refractivity contribution in [1.82, 2.24) is 5.32 Å². The molecule has 0 aromatic heterocycles. The lowest BCUT2D eigenvalue weighted by Crippen LogP contribution is -2.46. The van der Waals surface area contributed by atoms with Crippen LogP contribution in [0.5, 0.6) is 0 Å². The molecule has 6 heteroatoms. The predicted octanol–water partition coefficient (Wildman–Crippen LogP) is 0.555. The van der Waals surface area contributed by atoms with Crippen LogP contribution in [0.2, 0.25) is 0 Å². The van der Waals surface area contributed by atoms with E-state index in [1.807, 2.05) is 0 Å². The number of nitrogens with one attached hydrogen (secondary N) is 1. The lowest BCUT2D eigenvalue weighted by Gasteiger charge is -2.20. The van der Waals surface area contributed by atoms with E-state index in [0.29, 0.717) is 0 Å². The molecule has 1 aliphatic rings. The Bertz CT molecular complexity index is 337. The van der Waals surface area contributed by atoms with Crippen LogP contribution in [0.3, 0.4) is 0 Å². The number of hydrogen-bond donors (Lipinski definition) is 2. The Balaban J connectivity index is 2.51. The van der Waals surface area contributed by atoms with Gasteiger partial charge in [-0.25, -0.2) is 4.79 Å². The maximum Gasteiger partial charge on any atom is 0.326 e. The summed E-state index contributed by atoms with van der Waals surface area (Å²) in [5.41, 5.74) is 0. The van der Waals surface area contributed by atoms with Crippen molar-refractivity contribution < 1.29 is 24.2 Å². The molecular formula is C12H19NO5. The molecule has 0 radical (unpaired) electrons. The zero-order valence-corrected chi connectivity index (χ0v) is 10.6. The van der Waals surface area contributed by atoms with Crippen molar-refractivity contribution in [3.8, 4) is 0 Å². The minimum atomic E-state index is -1.12. The molecule has 1 aliphatic carbocycles. The molecule has 2 atom stereocenters. The molecule has 1 rings (SSSR count). The number of carbonyl (C=O) groups is 3. The highest BCUT2D eigenvalue weighted by atomic mass is 16.5. The fourth-order valence-corrected chi connectivity index (χ4v) is 1.66. The van der Waals surface area contributed by atoms with E-state index in [0.717, 1.165) is 12.8 Å². The summed E-state index contributed by atoms with van der Waals surface area (Å²) in [5.74, 6) is -2.36. The van der Waals surface area contributed by atoms with Crippen LogP contribution in [0.25, 0.3) is 0 Å². The van der Waals surface area contributed by atoms with Gasteiger partial charge >= 0.3 is 11.9 Å². The number of aliphatic carboxylic acids is 1. The SMILES string of the molecule is CCOC(=O)C[C@@H](C)[C@H](NC(=O)C1CC1)C(=O)O. The van der Waals surface area contributed by atoms with Gasteiger partial charge in [0.25, 0.3) is 0 Å². The Morgan fingerprint density at radius 2 is 2.00 bits per heavy atom. The summed E-state index contributed by atoms with van der Waals surface area (Å²) in [6.45, 7) is 3.56. The molecule has 0 saturated heterocycles. The van der Waals surface area contributed by atoms with Gasteiger partial charge in [0, 0.05) is 5.92 Å². The summed E-state index contributed by atoms with van der Waals surface area (Å²) < 4.78 is 4.76. The van der Waals surface area contributed by atoms with Crippen LogP contribution in [0, 0.1) is 11.8 Å². The summed E-state index contributed by atoms with van der Waals surface area (Å²) in [6.07, 6.45) is 1.60. The quantitative estimate of drug-likeness (QED) is 0.650. The van der Waals surface area contributed by atoms with Gasteiger partial charge in [0.1, 0.15) is 6.04 Å². The van der Waals surface area contributed by atoms with Crippen molar-refractivity contribution in [2.75, 3.05) is 6.61 Å². The van der Waals surface area contributed by atoms with Gasteiger partial charge in [0.05, 0.1) is 13.0 Å². The highest BCUT2D eigenvalue weighted by Gasteiger charge is 2.35. The molecule has 0 unspecified atom stereocenters. The van der Waals surface area contributed by atoms with E-state index < -0.39 is 23.9 Å². The summed E-state index contributed by atoms with van der Waals surface area (Å²) in [4.78, 5) is 33.9. The summed E-state index contributed by atoms with van der Waals surface area (Å²) in [5, 5.41) is 11.6. The van der Waals surface area contributed by atoms with Gasteiger partial charge in [-0.15, -0.1) is 0 Å². The summed E-state index contributed by atoms with van der Waals surface area (Å²) in [6, 6.07) is -1.04. The molecule has 1 fully saturated rings. The van der Waals surface area contributed by atoms with E-state index in [2.05, 4.69) is 5.32 Å². The molecule has 1 amide bonds. The first-order valence-corrected chi connectivity index (χ1v) is 6.14. The number of esters is 1. The zero-order valence-electron chi connectivity index (χ0n) is 10.6. The number of ether oxygens (including phenoxy) is 1. The van der Waals surface area contributed by atoms with Crippen LogP contribution < -0.4 is 5.32 Å². The Kier molecular flexibility index (Phi) is 5.12. The van der Waals surface area contributed by atoms with Crippen molar-refractivity contribution >= 4 is 17.8 Å². The van der Waals surface area contributed by atoms with Crippen LogP contribution >= 0.6 is 0 Å². The molecule has 1 saturated carbocycles. The Morgan fingerprint density at radius 3 is 2.44 bits per heavy atom. The fraction of sp³-hybridized carbons (Fsp3) is 0.750. The van der Waals surface area contributed by atoms with Crippen molar-refractivity contribution in [3.05, 3.63) is 0 Å². The number of carboxylic acid groups (broad SMARTS) is 1. The highest BCUT2D eigenvalue weighted by Crippen LogP contribution is 2.29. The normalized spacial score (nSPS) is 17.7. The van der Waals surface area contributed by atoms with Crippen LogP contribution in [0.1, 0.15) is 33.1 Å². The lowest BCUT2D eigenvalue weighted by molar-refractivity contribution is -0.147. The third kappa shape index (κ3) is 4.35. The van der Waals surface area contributed by atoms with Gasteiger partial charge in [-0.1, -0.05) is 6.92 Å². The van der Waals surface area contributed by atoms with E-state index in [-0.39, 0.29) is 24.9 Å². The number of amides is 1. The fourth-order valence-electron chi connectivity index (χ4n) is 1.66. The van der Waals surface area contributed by atoms with Crippen LogP contribution in [-0.4, -0.2) is 35.6 Å². The largest absolute Gasteiger partial charge is 0.480 e. The molecule has 2 N–H and O–H groups in total. The third-order valence-electron chi connectivity index (χ3n) is 2.87. The van der Waals surface area contributed by atoms with Crippen molar-refractivity contribution in [3.63, 3.8) is 0 Å². The maximum atomic E-state index is 11.5. The second kappa shape index (κ2) is 6.37. The maximum absolute atomic E-state index is 11.5. The molecule has 0 aliphatic heterocycles. The molecule has 102 valence electrons. The van der Waals surface area contributed by atoms with Crippen LogP contribution in [0.15, 0.2) is 0 Å². The number of carboxylic acids is 1. The molecule has 18 heavy (non-hydrogen) atoms. The van der Waals surface area contributed by atoms with Gasteiger partial charge in [-0.05, 0) is 25.7 Å². The molecule has 0 heterocycles. The molecule has 6 nitrogen and oxygen atoms in total. The number of rotatable bonds is 7. The molecular weight excluding hydrogens is 238 g/mol. The van der Waals surface area contributed by atoms with Crippen molar-refractivity contribution in [2.45, 2.75) is 39.2 Å². The van der Waals surface area contributed by atoms with E-state index in [1.165, 1.54) is 0 Å². The predicted molar refractivity (Wildman–Crippen MR) is 62.7 cm³/mol. The van der Waals surface area contributed by atoms with E-state index >= 15 is 0 Å². The van der Waals surface area contributed by atoms with Gasteiger partial charge in [-0.2, -0.15) is 0 Å². The molecule has 0 aromatic rings. The lowest BCUT2D eigenvalue weighted by atomic mass is 9.98. The number of carbonyl (C=O) groups excluding carboxylic acids is 2. The first kappa shape index (κ1) is 14.5. The summed E-state index contributed by atoms with van der Waals surface area (Å²) >= 11 is 0. The zero-order chi connectivity index (χ0) is 13.7. The van der Waals surface area contributed by atoms with Crippen LogP contribution in [-0.2, 0) is 19.1 Å². The van der Waals surface area contributed by atoms with E-state index in [1.54, 1.807) is 13.8 Å². The third-order valence-corrected chi connectivity index (χ3v) is 2.87. The summed E-state index contributed by atoms with van der Waals surface area (Å²) in [7, 11) is 0. The van der Waals surface area contributed by atoms with Gasteiger partial charge in [0.15, 0.2) is 0 Å². The first-order valence-electron chi connectivity index (χ1n) is 6.14. The van der Waals surface area contributed by atoms with Crippen molar-refractivity contribution in [1.29, 1.82) is 0 Å². The smallest absolute Gasteiger partial charge is 0.326 e.